The second kappa shape index (κ2) is 12.9. The van der Waals surface area contributed by atoms with Gasteiger partial charge in [-0.3, -0.25) is 0 Å². The highest BCUT2D eigenvalue weighted by molar-refractivity contribution is 7.49. The number of rotatable bonds is 8. The van der Waals surface area contributed by atoms with Crippen LogP contribution < -0.4 is 20.6 Å². The molecule has 0 spiro atoms. The van der Waals surface area contributed by atoms with Crippen molar-refractivity contribution >= 4 is 73.1 Å². The SMILES string of the molecule is Pc1cc(PN(c2ccccc2)c2ccccc2Nc2ccccc2)cc(-c2ccc3c(c2)c2ccccc2n3-c2ccccc2)c1. The lowest BCUT2D eigenvalue weighted by molar-refractivity contribution is 1.18. The number of nitrogens with one attached hydrogen (secondary N) is 1. The number of fused-ring (bicyclic) bond motifs is 3. The molecule has 0 aliphatic rings. The molecular weight excluding hydrogens is 608 g/mol. The molecule has 8 aromatic rings. The van der Waals surface area contributed by atoms with E-state index in [0.29, 0.717) is 8.73 Å². The Kier molecular flexibility index (Phi) is 8.02. The fourth-order valence-electron chi connectivity index (χ4n) is 6.31. The molecule has 0 saturated carbocycles. The second-order valence-electron chi connectivity index (χ2n) is 11.6. The number of hydrogen-bond donors (Lipinski definition) is 1. The number of nitrogens with zero attached hydrogens (tertiary/aromatic N) is 2. The third-order valence-corrected chi connectivity index (χ3v) is 10.0. The highest BCUT2D eigenvalue weighted by Gasteiger charge is 2.17. The zero-order valence-electron chi connectivity index (χ0n) is 25.7. The maximum Gasteiger partial charge on any atom is 0.0684 e. The number of anilines is 4. The molecule has 0 saturated heterocycles. The van der Waals surface area contributed by atoms with Crippen LogP contribution in [0.15, 0.2) is 176 Å². The summed E-state index contributed by atoms with van der Waals surface area (Å²) < 4.78 is 4.79. The molecule has 0 radical (unpaired) electrons. The van der Waals surface area contributed by atoms with Crippen molar-refractivity contribution in [1.82, 2.24) is 4.57 Å². The zero-order valence-corrected chi connectivity index (χ0v) is 27.9. The fourth-order valence-corrected chi connectivity index (χ4v) is 8.14. The maximum absolute atomic E-state index is 3.66. The lowest BCUT2D eigenvalue weighted by Gasteiger charge is -2.28. The van der Waals surface area contributed by atoms with Crippen LogP contribution in [0.4, 0.5) is 22.7 Å². The molecule has 1 aromatic heterocycles. The van der Waals surface area contributed by atoms with Gasteiger partial charge in [-0.25, -0.2) is 0 Å². The molecule has 2 atom stereocenters. The lowest BCUT2D eigenvalue weighted by Crippen LogP contribution is -2.14. The lowest BCUT2D eigenvalue weighted by atomic mass is 10.0. The van der Waals surface area contributed by atoms with Gasteiger partial charge in [-0.1, -0.05) is 91.0 Å². The van der Waals surface area contributed by atoms with Gasteiger partial charge in [0.05, 0.1) is 22.4 Å². The first kappa shape index (κ1) is 29.2. The molecule has 0 amide bonds. The van der Waals surface area contributed by atoms with E-state index in [0.717, 1.165) is 22.7 Å². The summed E-state index contributed by atoms with van der Waals surface area (Å²) in [4.78, 5) is 0. The number of benzene rings is 7. The summed E-state index contributed by atoms with van der Waals surface area (Å²) in [6.45, 7) is 0. The third-order valence-electron chi connectivity index (χ3n) is 8.43. The summed E-state index contributed by atoms with van der Waals surface area (Å²) in [6.07, 6.45) is 0. The van der Waals surface area contributed by atoms with E-state index in [1.807, 2.05) is 6.07 Å². The van der Waals surface area contributed by atoms with E-state index < -0.39 is 0 Å². The molecule has 226 valence electrons. The van der Waals surface area contributed by atoms with Gasteiger partial charge < -0.3 is 14.6 Å². The molecule has 47 heavy (non-hydrogen) atoms. The molecule has 2 unspecified atom stereocenters. The van der Waals surface area contributed by atoms with Crippen LogP contribution in [-0.2, 0) is 0 Å². The summed E-state index contributed by atoms with van der Waals surface area (Å²) in [6, 6.07) is 62.7. The molecule has 1 heterocycles. The van der Waals surface area contributed by atoms with Gasteiger partial charge in [-0.15, -0.1) is 9.24 Å². The van der Waals surface area contributed by atoms with Gasteiger partial charge in [0.2, 0.25) is 0 Å². The summed E-state index contributed by atoms with van der Waals surface area (Å²) in [7, 11) is 3.31. The average molecular weight is 642 g/mol. The molecule has 8 rings (SSSR count). The molecule has 3 nitrogen and oxygen atoms in total. The quantitative estimate of drug-likeness (QED) is 0.167. The summed E-state index contributed by atoms with van der Waals surface area (Å²) in [5.74, 6) is 0. The van der Waals surface area contributed by atoms with Crippen molar-refractivity contribution in [2.45, 2.75) is 0 Å². The number of aromatic nitrogens is 1. The number of para-hydroxylation sites is 6. The molecular formula is C42H33N3P2. The van der Waals surface area contributed by atoms with Crippen LogP contribution in [0, 0.1) is 0 Å². The molecule has 5 heteroatoms. The zero-order chi connectivity index (χ0) is 31.6. The van der Waals surface area contributed by atoms with Gasteiger partial charge in [0.25, 0.3) is 0 Å². The Morgan fingerprint density at radius 1 is 0.532 bits per heavy atom. The van der Waals surface area contributed by atoms with Gasteiger partial charge in [-0.2, -0.15) is 0 Å². The summed E-state index contributed by atoms with van der Waals surface area (Å²) in [5, 5.41) is 8.60. The molecule has 0 fully saturated rings. The second-order valence-corrected chi connectivity index (χ2v) is 13.5. The monoisotopic (exact) mass is 641 g/mol. The van der Waals surface area contributed by atoms with E-state index in [9.17, 15) is 0 Å². The number of hydrogen-bond acceptors (Lipinski definition) is 2. The Bertz CT molecular complexity index is 2320. The van der Waals surface area contributed by atoms with E-state index in [-0.39, 0.29) is 0 Å². The Morgan fingerprint density at radius 3 is 2.00 bits per heavy atom. The molecule has 0 aliphatic heterocycles. The van der Waals surface area contributed by atoms with Crippen LogP contribution in [0.2, 0.25) is 0 Å². The van der Waals surface area contributed by atoms with E-state index in [1.54, 1.807) is 0 Å². The van der Waals surface area contributed by atoms with Crippen LogP contribution in [0.1, 0.15) is 0 Å². The van der Waals surface area contributed by atoms with Crippen LogP contribution in [0.5, 0.6) is 0 Å². The Morgan fingerprint density at radius 2 is 1.19 bits per heavy atom. The van der Waals surface area contributed by atoms with Crippen LogP contribution >= 0.6 is 18.0 Å². The maximum atomic E-state index is 3.66. The van der Waals surface area contributed by atoms with Crippen LogP contribution in [0.25, 0.3) is 38.6 Å². The van der Waals surface area contributed by atoms with Crippen molar-refractivity contribution in [3.05, 3.63) is 176 Å². The van der Waals surface area contributed by atoms with Crippen molar-refractivity contribution in [2.24, 2.45) is 0 Å². The standard InChI is InChI=1S/C42H33N3P2/c46-35-26-31(30-24-25-41-38(28-30)37-20-10-12-22-40(37)44(41)33-16-6-2-7-17-33)27-36(29-35)47-45(34-18-8-3-9-19-34)42-23-13-11-21-39(42)43-32-14-4-1-5-15-32/h1-29,43,47H,46H2. The van der Waals surface area contributed by atoms with Gasteiger partial charge >= 0.3 is 0 Å². The predicted molar refractivity (Wildman–Crippen MR) is 208 cm³/mol. The molecule has 7 aromatic carbocycles. The van der Waals surface area contributed by atoms with Crippen molar-refractivity contribution in [2.75, 3.05) is 9.99 Å². The van der Waals surface area contributed by atoms with E-state index >= 15 is 0 Å². The van der Waals surface area contributed by atoms with Gasteiger partial charge in [-0.05, 0) is 107 Å². The van der Waals surface area contributed by atoms with Crippen LogP contribution in [-0.4, -0.2) is 4.57 Å². The predicted octanol–water partition coefficient (Wildman–Crippen LogP) is 10.8. The minimum Gasteiger partial charge on any atom is -0.354 e. The Balaban J connectivity index is 1.21. The fraction of sp³-hybridized carbons (Fsp3) is 0. The van der Waals surface area contributed by atoms with Crippen LogP contribution in [0.3, 0.4) is 0 Å². The highest BCUT2D eigenvalue weighted by atomic mass is 31.1. The first-order valence-corrected chi connectivity index (χ1v) is 17.3. The normalized spacial score (nSPS) is 11.4. The summed E-state index contributed by atoms with van der Waals surface area (Å²) >= 11 is 0. The minimum atomic E-state index is 0.372. The topological polar surface area (TPSA) is 20.2 Å². The van der Waals surface area contributed by atoms with Crippen molar-refractivity contribution in [3.8, 4) is 16.8 Å². The van der Waals surface area contributed by atoms with Gasteiger partial charge in [0.15, 0.2) is 0 Å². The van der Waals surface area contributed by atoms with Crippen molar-refractivity contribution in [3.63, 3.8) is 0 Å². The Labute approximate surface area is 279 Å². The van der Waals surface area contributed by atoms with E-state index in [2.05, 4.69) is 194 Å². The molecule has 1 N–H and O–H groups in total. The minimum absolute atomic E-state index is 0.372. The molecule has 0 aliphatic carbocycles. The molecule has 0 bridgehead atoms. The van der Waals surface area contributed by atoms with E-state index in [1.165, 1.54) is 49.2 Å². The van der Waals surface area contributed by atoms with E-state index in [4.69, 9.17) is 0 Å². The van der Waals surface area contributed by atoms with Gasteiger partial charge in [0.1, 0.15) is 0 Å². The average Bonchev–Trinajstić information content (AvgIpc) is 3.46. The smallest absolute Gasteiger partial charge is 0.0684 e. The summed E-state index contributed by atoms with van der Waals surface area (Å²) in [5.41, 5.74) is 10.4. The largest absolute Gasteiger partial charge is 0.354 e. The van der Waals surface area contributed by atoms with Crippen molar-refractivity contribution < 1.29 is 0 Å². The van der Waals surface area contributed by atoms with Crippen molar-refractivity contribution in [1.29, 1.82) is 0 Å². The highest BCUT2D eigenvalue weighted by Crippen LogP contribution is 2.42. The first-order chi connectivity index (χ1) is 23.2. The van der Waals surface area contributed by atoms with Gasteiger partial charge in [0, 0.05) is 36.6 Å². The Hall–Kier alpha value is -5.20. The third kappa shape index (κ3) is 5.93. The first-order valence-electron chi connectivity index (χ1n) is 15.7.